The predicted octanol–water partition coefficient (Wildman–Crippen LogP) is 3.95. The van der Waals surface area contributed by atoms with Crippen molar-refractivity contribution in [2.75, 3.05) is 36.8 Å². The van der Waals surface area contributed by atoms with Crippen LogP contribution in [0.15, 0.2) is 29.7 Å². The first-order valence-corrected chi connectivity index (χ1v) is 12.7. The fourth-order valence-corrected chi connectivity index (χ4v) is 6.54. The second-order valence-electron chi connectivity index (χ2n) is 9.22. The first kappa shape index (κ1) is 20.3. The van der Waals surface area contributed by atoms with Gasteiger partial charge < -0.3 is 14.4 Å². The van der Waals surface area contributed by atoms with E-state index in [4.69, 9.17) is 0 Å². The van der Waals surface area contributed by atoms with Crippen LogP contribution in [0.25, 0.3) is 0 Å². The molecule has 2 aromatic heterocycles. The van der Waals surface area contributed by atoms with Crippen molar-refractivity contribution in [3.05, 3.63) is 30.4 Å². The van der Waals surface area contributed by atoms with Crippen LogP contribution in [0, 0.1) is 5.92 Å². The number of thioether (sulfide) groups is 1. The Morgan fingerprint density at radius 2 is 2.00 bits per heavy atom. The van der Waals surface area contributed by atoms with Gasteiger partial charge in [-0.1, -0.05) is 31.0 Å². The van der Waals surface area contributed by atoms with Gasteiger partial charge in [-0.2, -0.15) is 0 Å². The molecule has 0 spiro atoms. The third-order valence-electron chi connectivity index (χ3n) is 7.29. The molecular formula is C23H34N6S. The molecule has 2 aromatic rings. The van der Waals surface area contributed by atoms with Gasteiger partial charge in [-0.3, -0.25) is 4.98 Å². The van der Waals surface area contributed by atoms with Crippen LogP contribution in [0.1, 0.15) is 56.7 Å². The van der Waals surface area contributed by atoms with E-state index in [-0.39, 0.29) is 0 Å². The van der Waals surface area contributed by atoms with E-state index in [0.29, 0.717) is 12.0 Å². The molecule has 2 saturated heterocycles. The highest BCUT2D eigenvalue weighted by atomic mass is 32.2. The lowest BCUT2D eigenvalue weighted by Gasteiger charge is -2.26. The zero-order valence-electron chi connectivity index (χ0n) is 18.1. The number of aromatic nitrogens is 4. The monoisotopic (exact) mass is 426 g/mol. The minimum Gasteiger partial charge on any atom is -0.366 e. The Morgan fingerprint density at radius 1 is 1.10 bits per heavy atom. The number of pyridine rings is 1. The van der Waals surface area contributed by atoms with Gasteiger partial charge in [-0.25, -0.2) is 0 Å². The SMILES string of the molecule is Cn1c(SCCCN2CC3CCN(c4cccnc4)[C@@H]3C2)nnc1C1CCCCC1. The summed E-state index contributed by atoms with van der Waals surface area (Å²) < 4.78 is 2.26. The van der Waals surface area contributed by atoms with Gasteiger partial charge in [0.05, 0.1) is 11.9 Å². The van der Waals surface area contributed by atoms with Crippen molar-refractivity contribution in [1.29, 1.82) is 0 Å². The number of hydrogen-bond acceptors (Lipinski definition) is 6. The summed E-state index contributed by atoms with van der Waals surface area (Å²) in [6.07, 6.45) is 13.0. The largest absolute Gasteiger partial charge is 0.366 e. The van der Waals surface area contributed by atoms with Crippen molar-refractivity contribution in [2.24, 2.45) is 13.0 Å². The standard InChI is InChI=1S/C23H34N6S/c1-27-22(18-7-3-2-4-8-18)25-26-23(27)30-14-6-12-28-16-19-10-13-29(21(19)17-28)20-9-5-11-24-15-20/h5,9,11,15,18-19,21H,2-4,6-8,10,12-14,16-17H2,1H3/t19?,21-/m1/s1. The zero-order chi connectivity index (χ0) is 20.3. The fourth-order valence-electron chi connectivity index (χ4n) is 5.70. The molecule has 3 fully saturated rings. The first-order chi connectivity index (χ1) is 14.8. The molecule has 7 heteroatoms. The van der Waals surface area contributed by atoms with Gasteiger partial charge >= 0.3 is 0 Å². The number of nitrogens with zero attached hydrogens (tertiary/aromatic N) is 6. The van der Waals surface area contributed by atoms with Crippen LogP contribution in [-0.4, -0.2) is 62.6 Å². The Balaban J connectivity index is 1.08. The Morgan fingerprint density at radius 3 is 2.83 bits per heavy atom. The molecule has 0 radical (unpaired) electrons. The molecule has 5 rings (SSSR count). The summed E-state index contributed by atoms with van der Waals surface area (Å²) in [6, 6.07) is 4.93. The molecule has 162 valence electrons. The van der Waals surface area contributed by atoms with Crippen LogP contribution in [-0.2, 0) is 7.05 Å². The quantitative estimate of drug-likeness (QED) is 0.494. The Labute approximate surface area is 184 Å². The summed E-state index contributed by atoms with van der Waals surface area (Å²) in [5.74, 6) is 3.77. The van der Waals surface area contributed by atoms with Crippen LogP contribution in [0.4, 0.5) is 5.69 Å². The second kappa shape index (κ2) is 9.27. The van der Waals surface area contributed by atoms with E-state index in [1.165, 1.54) is 82.6 Å². The minimum atomic E-state index is 0.623. The summed E-state index contributed by atoms with van der Waals surface area (Å²) in [6.45, 7) is 4.82. The Bertz CT molecular complexity index is 818. The molecule has 6 nitrogen and oxygen atoms in total. The molecule has 0 amide bonds. The van der Waals surface area contributed by atoms with E-state index in [1.54, 1.807) is 0 Å². The highest BCUT2D eigenvalue weighted by Crippen LogP contribution is 2.35. The van der Waals surface area contributed by atoms with E-state index in [1.807, 2.05) is 24.2 Å². The molecule has 1 unspecified atom stereocenters. The summed E-state index contributed by atoms with van der Waals surface area (Å²) >= 11 is 1.88. The van der Waals surface area contributed by atoms with E-state index in [9.17, 15) is 0 Å². The Hall–Kier alpha value is -1.60. The van der Waals surface area contributed by atoms with E-state index in [2.05, 4.69) is 48.7 Å². The van der Waals surface area contributed by atoms with Crippen LogP contribution >= 0.6 is 11.8 Å². The van der Waals surface area contributed by atoms with Crippen LogP contribution in [0.2, 0.25) is 0 Å². The van der Waals surface area contributed by atoms with Crippen molar-refractivity contribution in [1.82, 2.24) is 24.6 Å². The van der Waals surface area contributed by atoms with Crippen molar-refractivity contribution in [3.8, 4) is 0 Å². The number of hydrogen-bond donors (Lipinski definition) is 0. The molecule has 0 N–H and O–H groups in total. The highest BCUT2D eigenvalue weighted by Gasteiger charge is 2.41. The van der Waals surface area contributed by atoms with Gasteiger partial charge in [0, 0.05) is 50.6 Å². The van der Waals surface area contributed by atoms with Crippen molar-refractivity contribution in [3.63, 3.8) is 0 Å². The average molecular weight is 427 g/mol. The lowest BCUT2D eigenvalue weighted by Crippen LogP contribution is -2.35. The van der Waals surface area contributed by atoms with Gasteiger partial charge in [0.1, 0.15) is 5.82 Å². The fraction of sp³-hybridized carbons (Fsp3) is 0.696. The highest BCUT2D eigenvalue weighted by molar-refractivity contribution is 7.99. The second-order valence-corrected chi connectivity index (χ2v) is 10.3. The van der Waals surface area contributed by atoms with Crippen molar-refractivity contribution in [2.45, 2.75) is 62.1 Å². The lowest BCUT2D eigenvalue weighted by molar-refractivity contribution is 0.319. The number of likely N-dealkylation sites (tertiary alicyclic amines) is 1. The summed E-state index contributed by atoms with van der Waals surface area (Å²) in [7, 11) is 2.15. The van der Waals surface area contributed by atoms with Crippen molar-refractivity contribution < 1.29 is 0 Å². The van der Waals surface area contributed by atoms with Crippen LogP contribution in [0.3, 0.4) is 0 Å². The van der Waals surface area contributed by atoms with Gasteiger partial charge in [-0.05, 0) is 50.3 Å². The van der Waals surface area contributed by atoms with Crippen molar-refractivity contribution >= 4 is 17.4 Å². The number of anilines is 1. The van der Waals surface area contributed by atoms with E-state index in [0.717, 1.165) is 16.8 Å². The third kappa shape index (κ3) is 4.24. The van der Waals surface area contributed by atoms with Gasteiger partial charge in [0.25, 0.3) is 0 Å². The summed E-state index contributed by atoms with van der Waals surface area (Å²) in [5, 5.41) is 10.1. The normalized spacial score (nSPS) is 25.2. The molecule has 2 atom stereocenters. The molecule has 0 aromatic carbocycles. The molecule has 30 heavy (non-hydrogen) atoms. The predicted molar refractivity (Wildman–Crippen MR) is 122 cm³/mol. The lowest BCUT2D eigenvalue weighted by atomic mass is 9.89. The average Bonchev–Trinajstić information content (AvgIpc) is 3.47. The minimum absolute atomic E-state index is 0.623. The first-order valence-electron chi connectivity index (χ1n) is 11.7. The molecular weight excluding hydrogens is 392 g/mol. The van der Waals surface area contributed by atoms with Gasteiger partial charge in [0.2, 0.25) is 0 Å². The van der Waals surface area contributed by atoms with Crippen LogP contribution < -0.4 is 4.90 Å². The van der Waals surface area contributed by atoms with Gasteiger partial charge in [0.15, 0.2) is 5.16 Å². The maximum atomic E-state index is 4.54. The maximum Gasteiger partial charge on any atom is 0.190 e. The molecule has 2 aliphatic heterocycles. The third-order valence-corrected chi connectivity index (χ3v) is 8.40. The molecule has 4 heterocycles. The molecule has 1 saturated carbocycles. The topological polar surface area (TPSA) is 50.1 Å². The van der Waals surface area contributed by atoms with Gasteiger partial charge in [-0.15, -0.1) is 10.2 Å². The van der Waals surface area contributed by atoms with E-state index >= 15 is 0 Å². The zero-order valence-corrected chi connectivity index (χ0v) is 18.9. The van der Waals surface area contributed by atoms with E-state index < -0.39 is 0 Å². The molecule has 3 aliphatic rings. The van der Waals surface area contributed by atoms with Crippen LogP contribution in [0.5, 0.6) is 0 Å². The Kier molecular flexibility index (Phi) is 6.27. The number of rotatable bonds is 7. The maximum absolute atomic E-state index is 4.54. The smallest absolute Gasteiger partial charge is 0.190 e. The molecule has 0 bridgehead atoms. The summed E-state index contributed by atoms with van der Waals surface area (Å²) in [4.78, 5) is 9.57. The summed E-state index contributed by atoms with van der Waals surface area (Å²) in [5.41, 5.74) is 1.29. The number of fused-ring (bicyclic) bond motifs is 1. The molecule has 1 aliphatic carbocycles.